The van der Waals surface area contributed by atoms with Crippen molar-refractivity contribution < 1.29 is 0 Å². The normalized spacial score (nSPS) is 26.9. The lowest BCUT2D eigenvalue weighted by molar-refractivity contribution is 0.575. The van der Waals surface area contributed by atoms with Crippen molar-refractivity contribution in [3.05, 3.63) is 0 Å². The maximum Gasteiger partial charge on any atom is 0.189 e. The first-order valence-corrected chi connectivity index (χ1v) is 4.85. The summed E-state index contributed by atoms with van der Waals surface area (Å²) in [5.74, 6) is 0.664. The van der Waals surface area contributed by atoms with Crippen molar-refractivity contribution in [3.63, 3.8) is 0 Å². The van der Waals surface area contributed by atoms with Crippen LogP contribution in [0.15, 0.2) is 4.99 Å². The molecule has 2 rings (SSSR count). The Morgan fingerprint density at radius 1 is 1.58 bits per heavy atom. The fourth-order valence-electron chi connectivity index (χ4n) is 1.42. The molecule has 3 heteroatoms. The van der Waals surface area contributed by atoms with Gasteiger partial charge in [0.25, 0.3) is 0 Å². The van der Waals surface area contributed by atoms with E-state index in [1.165, 1.54) is 25.7 Å². The van der Waals surface area contributed by atoms with E-state index in [0.717, 1.165) is 6.42 Å². The summed E-state index contributed by atoms with van der Waals surface area (Å²) < 4.78 is 0. The van der Waals surface area contributed by atoms with Gasteiger partial charge in [-0.15, -0.1) is 0 Å². The first-order chi connectivity index (χ1) is 5.74. The summed E-state index contributed by atoms with van der Waals surface area (Å²) in [6, 6.07) is 0.533. The molecule has 0 bridgehead atoms. The van der Waals surface area contributed by atoms with Crippen molar-refractivity contribution in [2.45, 2.75) is 50.6 Å². The Labute approximate surface area is 73.4 Å². The van der Waals surface area contributed by atoms with E-state index in [0.29, 0.717) is 17.5 Å². The third kappa shape index (κ3) is 1.71. The van der Waals surface area contributed by atoms with Crippen LogP contribution in [0, 0.1) is 0 Å². The smallest absolute Gasteiger partial charge is 0.189 e. The zero-order valence-corrected chi connectivity index (χ0v) is 7.64. The van der Waals surface area contributed by atoms with Crippen molar-refractivity contribution >= 4 is 5.96 Å². The fourth-order valence-corrected chi connectivity index (χ4v) is 1.42. The number of guanidine groups is 1. The van der Waals surface area contributed by atoms with Gasteiger partial charge in [-0.1, -0.05) is 6.92 Å². The van der Waals surface area contributed by atoms with Crippen LogP contribution in [0.3, 0.4) is 0 Å². The second kappa shape index (κ2) is 2.64. The van der Waals surface area contributed by atoms with E-state index in [1.54, 1.807) is 0 Å². The van der Waals surface area contributed by atoms with Gasteiger partial charge in [-0.3, -0.25) is 4.99 Å². The van der Waals surface area contributed by atoms with Gasteiger partial charge in [-0.25, -0.2) is 0 Å². The molecule has 0 amide bonds. The van der Waals surface area contributed by atoms with Gasteiger partial charge < -0.3 is 11.1 Å². The Kier molecular flexibility index (Phi) is 1.74. The highest BCUT2D eigenvalue weighted by Gasteiger charge is 2.41. The summed E-state index contributed by atoms with van der Waals surface area (Å²) in [6.07, 6.45) is 6.12. The number of nitrogens with one attached hydrogen (secondary N) is 1. The standard InChI is InChI=1S/C9H17N3/c1-2-9(5-6-9)12-8(10)11-7-3-4-7/h7H,2-6H2,1H3,(H3,10,11,12). The number of aliphatic imine (C=N–C) groups is 1. The van der Waals surface area contributed by atoms with E-state index in [9.17, 15) is 0 Å². The minimum Gasteiger partial charge on any atom is -0.370 e. The van der Waals surface area contributed by atoms with Crippen LogP contribution in [0.25, 0.3) is 0 Å². The summed E-state index contributed by atoms with van der Waals surface area (Å²) in [4.78, 5) is 4.34. The van der Waals surface area contributed by atoms with Gasteiger partial charge in [0, 0.05) is 5.54 Å². The zero-order chi connectivity index (χ0) is 8.60. The molecule has 0 aromatic heterocycles. The number of nitrogens with two attached hydrogens (primary N) is 1. The lowest BCUT2D eigenvalue weighted by Crippen LogP contribution is -2.41. The number of rotatable bonds is 3. The Bertz CT molecular complexity index is 202. The van der Waals surface area contributed by atoms with Crippen molar-refractivity contribution in [1.29, 1.82) is 0 Å². The first-order valence-electron chi connectivity index (χ1n) is 4.85. The maximum absolute atomic E-state index is 5.76. The van der Waals surface area contributed by atoms with E-state index in [4.69, 9.17) is 5.73 Å². The van der Waals surface area contributed by atoms with Gasteiger partial charge in [-0.2, -0.15) is 0 Å². The average molecular weight is 167 g/mol. The van der Waals surface area contributed by atoms with Crippen LogP contribution in [-0.2, 0) is 0 Å². The summed E-state index contributed by atoms with van der Waals surface area (Å²) >= 11 is 0. The summed E-state index contributed by atoms with van der Waals surface area (Å²) in [5.41, 5.74) is 6.08. The van der Waals surface area contributed by atoms with Gasteiger partial charge in [0.1, 0.15) is 0 Å². The molecule has 0 heterocycles. The third-order valence-electron chi connectivity index (χ3n) is 2.79. The number of nitrogens with zero attached hydrogens (tertiary/aromatic N) is 1. The van der Waals surface area contributed by atoms with E-state index in [-0.39, 0.29) is 0 Å². The molecule has 0 atom stereocenters. The van der Waals surface area contributed by atoms with Gasteiger partial charge in [0.2, 0.25) is 0 Å². The van der Waals surface area contributed by atoms with E-state index < -0.39 is 0 Å². The molecule has 3 nitrogen and oxygen atoms in total. The molecule has 0 aromatic rings. The number of hydrogen-bond donors (Lipinski definition) is 2. The van der Waals surface area contributed by atoms with Crippen LogP contribution in [0.1, 0.15) is 39.0 Å². The molecular formula is C9H17N3. The molecule has 0 spiro atoms. The molecular weight excluding hydrogens is 150 g/mol. The highest BCUT2D eigenvalue weighted by atomic mass is 15.2. The summed E-state index contributed by atoms with van der Waals surface area (Å²) in [7, 11) is 0. The molecule has 2 fully saturated rings. The lowest BCUT2D eigenvalue weighted by Gasteiger charge is -2.15. The van der Waals surface area contributed by atoms with Crippen LogP contribution in [0.5, 0.6) is 0 Å². The second-order valence-electron chi connectivity index (χ2n) is 4.00. The largest absolute Gasteiger partial charge is 0.370 e. The van der Waals surface area contributed by atoms with Crippen molar-refractivity contribution in [3.8, 4) is 0 Å². The third-order valence-corrected chi connectivity index (χ3v) is 2.79. The summed E-state index contributed by atoms with van der Waals surface area (Å²) in [5, 5.41) is 3.32. The molecule has 68 valence electrons. The quantitative estimate of drug-likeness (QED) is 0.486. The van der Waals surface area contributed by atoms with Gasteiger partial charge in [0.15, 0.2) is 5.96 Å². The molecule has 2 aliphatic rings. The van der Waals surface area contributed by atoms with E-state index in [1.807, 2.05) is 0 Å². The predicted octanol–water partition coefficient (Wildman–Crippen LogP) is 0.996. The van der Waals surface area contributed by atoms with Crippen LogP contribution in [-0.4, -0.2) is 17.5 Å². The number of hydrogen-bond acceptors (Lipinski definition) is 1. The minimum absolute atomic E-state index is 0.322. The monoisotopic (exact) mass is 167 g/mol. The molecule has 0 aliphatic heterocycles. The molecule has 0 saturated heterocycles. The van der Waals surface area contributed by atoms with E-state index in [2.05, 4.69) is 17.2 Å². The van der Waals surface area contributed by atoms with Crippen molar-refractivity contribution in [2.75, 3.05) is 0 Å². The topological polar surface area (TPSA) is 50.4 Å². The summed E-state index contributed by atoms with van der Waals surface area (Å²) in [6.45, 7) is 2.20. The van der Waals surface area contributed by atoms with Crippen LogP contribution < -0.4 is 11.1 Å². The Balaban J connectivity index is 1.84. The average Bonchev–Trinajstić information content (AvgIpc) is 2.86. The Morgan fingerprint density at radius 2 is 2.25 bits per heavy atom. The van der Waals surface area contributed by atoms with Crippen molar-refractivity contribution in [1.82, 2.24) is 5.32 Å². The second-order valence-corrected chi connectivity index (χ2v) is 4.00. The van der Waals surface area contributed by atoms with Crippen molar-refractivity contribution in [2.24, 2.45) is 10.7 Å². The molecule has 3 N–H and O–H groups in total. The first kappa shape index (κ1) is 7.90. The molecule has 2 aliphatic carbocycles. The molecule has 0 radical (unpaired) electrons. The highest BCUT2D eigenvalue weighted by Crippen LogP contribution is 2.38. The minimum atomic E-state index is 0.322. The Hall–Kier alpha value is -0.730. The molecule has 12 heavy (non-hydrogen) atoms. The van der Waals surface area contributed by atoms with Crippen LogP contribution in [0.4, 0.5) is 0 Å². The van der Waals surface area contributed by atoms with Crippen LogP contribution in [0.2, 0.25) is 0 Å². The molecule has 0 unspecified atom stereocenters. The van der Waals surface area contributed by atoms with Gasteiger partial charge in [-0.05, 0) is 32.1 Å². The molecule has 2 saturated carbocycles. The molecule has 0 aromatic carbocycles. The zero-order valence-electron chi connectivity index (χ0n) is 7.64. The van der Waals surface area contributed by atoms with E-state index >= 15 is 0 Å². The Morgan fingerprint density at radius 3 is 2.67 bits per heavy atom. The predicted molar refractivity (Wildman–Crippen MR) is 50.0 cm³/mol. The fraction of sp³-hybridized carbons (Fsp3) is 0.889. The SMILES string of the molecule is CCC1(NC(N)=NC2CC2)CC1. The van der Waals surface area contributed by atoms with Gasteiger partial charge in [0.05, 0.1) is 6.04 Å². The van der Waals surface area contributed by atoms with Gasteiger partial charge >= 0.3 is 0 Å². The highest BCUT2D eigenvalue weighted by molar-refractivity contribution is 5.79. The maximum atomic E-state index is 5.76. The van der Waals surface area contributed by atoms with Crippen LogP contribution >= 0.6 is 0 Å². The lowest BCUT2D eigenvalue weighted by atomic mass is 10.2.